The SMILES string of the molecule is c1ccc(-c2ccc3c4ccccc4n(-c4nc(-c5cccc(-c6ccc(-c7cccc8sc9ccccc9c78)cc6)c5)nc(-n5c6ccccc6c6ccccc65)n4)c3c2)cc1. The zero-order valence-corrected chi connectivity index (χ0v) is 34.7. The molecule has 6 heteroatoms. The Balaban J connectivity index is 1.00. The second kappa shape index (κ2) is 14.2. The molecular weight excluding hydrogens is 787 g/mol. The van der Waals surface area contributed by atoms with Gasteiger partial charge >= 0.3 is 0 Å². The summed E-state index contributed by atoms with van der Waals surface area (Å²) in [6, 6.07) is 75.6. The van der Waals surface area contributed by atoms with Gasteiger partial charge in [-0.05, 0) is 75.8 Å². The molecule has 0 unspecified atom stereocenters. The van der Waals surface area contributed by atoms with Crippen LogP contribution in [0, 0.1) is 0 Å². The van der Waals surface area contributed by atoms with Gasteiger partial charge in [0.1, 0.15) is 0 Å². The van der Waals surface area contributed by atoms with Gasteiger partial charge in [0, 0.05) is 47.3 Å². The van der Waals surface area contributed by atoms with Crippen LogP contribution in [0.15, 0.2) is 212 Å². The molecule has 4 heterocycles. The third kappa shape index (κ3) is 5.73. The highest BCUT2D eigenvalue weighted by Gasteiger charge is 2.21. The fourth-order valence-corrected chi connectivity index (χ4v) is 10.6. The number of benzene rings is 9. The summed E-state index contributed by atoms with van der Waals surface area (Å²) in [6.07, 6.45) is 0. The summed E-state index contributed by atoms with van der Waals surface area (Å²) in [7, 11) is 0. The second-order valence-corrected chi connectivity index (χ2v) is 17.1. The van der Waals surface area contributed by atoms with Crippen molar-refractivity contribution in [3.05, 3.63) is 212 Å². The molecule has 0 saturated carbocycles. The molecule has 0 fully saturated rings. The van der Waals surface area contributed by atoms with Crippen molar-refractivity contribution in [1.29, 1.82) is 0 Å². The number of hydrogen-bond acceptors (Lipinski definition) is 4. The highest BCUT2D eigenvalue weighted by Crippen LogP contribution is 2.41. The summed E-state index contributed by atoms with van der Waals surface area (Å²) in [6.45, 7) is 0. The molecule has 5 nitrogen and oxygen atoms in total. The fraction of sp³-hybridized carbons (Fsp3) is 0. The number of rotatable bonds is 6. The first kappa shape index (κ1) is 35.6. The standard InChI is InChI=1S/C57H35N5S/c1-2-14-36(15-3-1)40-32-33-46-45-20-6-10-25-50(45)62(51(46)35-40)57-59-55(58-56(60-57)61-48-23-8-4-18-43(48)44-19-5-9-24-49(44)61)41-17-12-16-39(34-41)37-28-30-38(31-29-37)42-22-13-27-53-54(42)47-21-7-11-26-52(47)63-53/h1-35H. The molecule has 0 radical (unpaired) electrons. The Hall–Kier alpha value is -8.19. The molecule has 0 aliphatic heterocycles. The van der Waals surface area contributed by atoms with E-state index < -0.39 is 0 Å². The van der Waals surface area contributed by atoms with Crippen LogP contribution in [0.3, 0.4) is 0 Å². The predicted octanol–water partition coefficient (Wildman–Crippen LogP) is 15.1. The maximum Gasteiger partial charge on any atom is 0.240 e. The Labute approximate surface area is 366 Å². The Kier molecular flexibility index (Phi) is 8.01. The monoisotopic (exact) mass is 821 g/mol. The first-order chi connectivity index (χ1) is 31.2. The van der Waals surface area contributed by atoms with Gasteiger partial charge in [-0.3, -0.25) is 9.13 Å². The highest BCUT2D eigenvalue weighted by molar-refractivity contribution is 7.25. The lowest BCUT2D eigenvalue weighted by Crippen LogP contribution is -2.10. The van der Waals surface area contributed by atoms with E-state index in [4.69, 9.17) is 15.0 Å². The van der Waals surface area contributed by atoms with E-state index in [-0.39, 0.29) is 0 Å². The number of hydrogen-bond donors (Lipinski definition) is 0. The lowest BCUT2D eigenvalue weighted by molar-refractivity contribution is 0.893. The average Bonchev–Trinajstić information content (AvgIpc) is 4.02. The topological polar surface area (TPSA) is 48.5 Å². The molecule has 0 aliphatic carbocycles. The lowest BCUT2D eigenvalue weighted by atomic mass is 9.96. The predicted molar refractivity (Wildman–Crippen MR) is 263 cm³/mol. The summed E-state index contributed by atoms with van der Waals surface area (Å²) in [5.41, 5.74) is 12.0. The van der Waals surface area contributed by atoms with Crippen molar-refractivity contribution in [2.24, 2.45) is 0 Å². The molecule has 13 rings (SSSR count). The first-order valence-corrected chi connectivity index (χ1v) is 22.0. The zero-order chi connectivity index (χ0) is 41.4. The summed E-state index contributed by atoms with van der Waals surface area (Å²) in [4.78, 5) is 16.1. The molecule has 0 saturated heterocycles. The van der Waals surface area contributed by atoms with Crippen molar-refractivity contribution in [3.8, 4) is 56.7 Å². The largest absolute Gasteiger partial charge is 0.278 e. The van der Waals surface area contributed by atoms with Crippen molar-refractivity contribution >= 4 is 75.1 Å². The average molecular weight is 822 g/mol. The molecule has 0 aliphatic rings. The molecule has 0 spiro atoms. The Morgan fingerprint density at radius 1 is 0.302 bits per heavy atom. The number of nitrogens with zero attached hydrogens (tertiary/aromatic N) is 5. The van der Waals surface area contributed by atoms with Crippen LogP contribution in [-0.4, -0.2) is 24.1 Å². The minimum absolute atomic E-state index is 0.554. The molecule has 4 aromatic heterocycles. The van der Waals surface area contributed by atoms with Gasteiger partial charge in [-0.1, -0.05) is 170 Å². The van der Waals surface area contributed by atoms with Gasteiger partial charge in [-0.15, -0.1) is 11.3 Å². The maximum absolute atomic E-state index is 5.41. The van der Waals surface area contributed by atoms with E-state index in [2.05, 4.69) is 221 Å². The van der Waals surface area contributed by atoms with Crippen molar-refractivity contribution in [3.63, 3.8) is 0 Å². The van der Waals surface area contributed by atoms with Gasteiger partial charge in [0.25, 0.3) is 0 Å². The lowest BCUT2D eigenvalue weighted by Gasteiger charge is -2.13. The van der Waals surface area contributed by atoms with Crippen LogP contribution in [-0.2, 0) is 0 Å². The van der Waals surface area contributed by atoms with Gasteiger partial charge in [-0.2, -0.15) is 15.0 Å². The van der Waals surface area contributed by atoms with Crippen molar-refractivity contribution < 1.29 is 0 Å². The summed E-state index contributed by atoms with van der Waals surface area (Å²) in [5, 5.41) is 7.20. The normalized spacial score (nSPS) is 11.8. The van der Waals surface area contributed by atoms with E-state index >= 15 is 0 Å². The fourth-order valence-electron chi connectivity index (χ4n) is 9.51. The van der Waals surface area contributed by atoms with E-state index in [1.54, 1.807) is 0 Å². The van der Waals surface area contributed by atoms with Crippen molar-refractivity contribution in [1.82, 2.24) is 24.1 Å². The highest BCUT2D eigenvalue weighted by atomic mass is 32.1. The van der Waals surface area contributed by atoms with Crippen LogP contribution in [0.2, 0.25) is 0 Å². The van der Waals surface area contributed by atoms with Gasteiger partial charge in [0.15, 0.2) is 5.82 Å². The van der Waals surface area contributed by atoms with E-state index in [0.717, 1.165) is 71.4 Å². The molecule has 0 N–H and O–H groups in total. The van der Waals surface area contributed by atoms with Crippen molar-refractivity contribution in [2.75, 3.05) is 0 Å². The van der Waals surface area contributed by atoms with E-state index in [1.807, 2.05) is 11.3 Å². The second-order valence-electron chi connectivity index (χ2n) is 16.0. The van der Waals surface area contributed by atoms with Crippen LogP contribution in [0.1, 0.15) is 0 Å². The first-order valence-electron chi connectivity index (χ1n) is 21.2. The van der Waals surface area contributed by atoms with Gasteiger partial charge < -0.3 is 0 Å². The molecule has 9 aromatic carbocycles. The molecule has 0 bridgehead atoms. The molecule has 294 valence electrons. The minimum Gasteiger partial charge on any atom is -0.278 e. The molecular formula is C57H35N5S. The smallest absolute Gasteiger partial charge is 0.240 e. The summed E-state index contributed by atoms with van der Waals surface area (Å²) < 4.78 is 7.01. The number of para-hydroxylation sites is 3. The van der Waals surface area contributed by atoms with Gasteiger partial charge in [0.05, 0.1) is 22.1 Å². The Bertz CT molecular complexity index is 3860. The van der Waals surface area contributed by atoms with Crippen LogP contribution < -0.4 is 0 Å². The van der Waals surface area contributed by atoms with Crippen molar-refractivity contribution in [2.45, 2.75) is 0 Å². The number of aromatic nitrogens is 5. The number of fused-ring (bicyclic) bond motifs is 9. The summed E-state index contributed by atoms with van der Waals surface area (Å²) in [5.74, 6) is 1.71. The Morgan fingerprint density at radius 2 is 0.778 bits per heavy atom. The minimum atomic E-state index is 0.554. The number of thiophene rings is 1. The van der Waals surface area contributed by atoms with Crippen LogP contribution >= 0.6 is 11.3 Å². The van der Waals surface area contributed by atoms with Gasteiger partial charge in [0.2, 0.25) is 11.9 Å². The van der Waals surface area contributed by atoms with Gasteiger partial charge in [-0.25, -0.2) is 0 Å². The summed E-state index contributed by atoms with van der Waals surface area (Å²) >= 11 is 1.85. The van der Waals surface area contributed by atoms with Crippen LogP contribution in [0.25, 0.3) is 120 Å². The van der Waals surface area contributed by atoms with Crippen LogP contribution in [0.4, 0.5) is 0 Å². The molecule has 0 atom stereocenters. The molecule has 63 heavy (non-hydrogen) atoms. The molecule has 13 aromatic rings. The third-order valence-corrected chi connectivity index (χ3v) is 13.6. The van der Waals surface area contributed by atoms with Crippen LogP contribution in [0.5, 0.6) is 0 Å². The third-order valence-electron chi connectivity index (χ3n) is 12.4. The quantitative estimate of drug-likeness (QED) is 0.168. The van der Waals surface area contributed by atoms with E-state index in [1.165, 1.54) is 31.3 Å². The van der Waals surface area contributed by atoms with E-state index in [0.29, 0.717) is 17.7 Å². The Morgan fingerprint density at radius 3 is 1.48 bits per heavy atom. The van der Waals surface area contributed by atoms with E-state index in [9.17, 15) is 0 Å². The zero-order valence-electron chi connectivity index (χ0n) is 33.9. The maximum atomic E-state index is 5.41. The molecule has 0 amide bonds.